The number of hydrogen-bond acceptors (Lipinski definition) is 4. The molecule has 1 aliphatic rings. The first-order valence-corrected chi connectivity index (χ1v) is 11.2. The zero-order valence-corrected chi connectivity index (χ0v) is 17.4. The van der Waals surface area contributed by atoms with Crippen LogP contribution in [-0.2, 0) is 23.0 Å². The average Bonchev–Trinajstić information content (AvgIpc) is 2.79. The highest BCUT2D eigenvalue weighted by Crippen LogP contribution is 2.25. The molecule has 0 aromatic heterocycles. The van der Waals surface area contributed by atoms with Crippen molar-refractivity contribution in [1.82, 2.24) is 4.31 Å². The Morgan fingerprint density at radius 1 is 0.871 bits per heavy atom. The lowest BCUT2D eigenvalue weighted by Gasteiger charge is -2.28. The Bertz CT molecular complexity index is 1250. The van der Waals surface area contributed by atoms with Gasteiger partial charge in [-0.25, -0.2) is 8.42 Å². The average molecular weight is 436 g/mol. The molecule has 0 saturated carbocycles. The predicted molar refractivity (Wildman–Crippen MR) is 117 cm³/mol. The minimum Gasteiger partial charge on any atom is -0.366 e. The van der Waals surface area contributed by atoms with E-state index in [1.807, 2.05) is 24.3 Å². The molecule has 0 unspecified atom stereocenters. The topological polar surface area (TPSA) is 110 Å². The fourth-order valence-corrected chi connectivity index (χ4v) is 5.01. The summed E-state index contributed by atoms with van der Waals surface area (Å²) < 4.78 is 27.8. The third-order valence-corrected chi connectivity index (χ3v) is 7.10. The van der Waals surface area contributed by atoms with Gasteiger partial charge in [-0.2, -0.15) is 4.31 Å². The van der Waals surface area contributed by atoms with Gasteiger partial charge in [-0.05, 0) is 60.0 Å². The van der Waals surface area contributed by atoms with Crippen LogP contribution in [0.1, 0.15) is 31.8 Å². The molecule has 3 N–H and O–H groups in total. The first-order valence-electron chi connectivity index (χ1n) is 9.73. The number of benzene rings is 3. The summed E-state index contributed by atoms with van der Waals surface area (Å²) in [5.74, 6) is -1.01. The second-order valence-electron chi connectivity index (χ2n) is 7.28. The molecule has 3 aromatic rings. The van der Waals surface area contributed by atoms with Crippen molar-refractivity contribution in [2.45, 2.75) is 17.9 Å². The number of fused-ring (bicyclic) bond motifs is 1. The SMILES string of the molecule is NC(=O)c1ccc(NC(=O)c2cccc(S(=O)(=O)N3CCc4ccccc4C3)c2)cc1. The molecule has 158 valence electrons. The fraction of sp³-hybridized carbons (Fsp3) is 0.130. The molecular weight excluding hydrogens is 414 g/mol. The monoisotopic (exact) mass is 435 g/mol. The Labute approximate surface area is 180 Å². The Hall–Kier alpha value is -3.49. The van der Waals surface area contributed by atoms with Crippen LogP contribution in [0.15, 0.2) is 77.7 Å². The third kappa shape index (κ3) is 4.35. The molecule has 1 heterocycles. The van der Waals surface area contributed by atoms with Gasteiger partial charge in [0.1, 0.15) is 0 Å². The fourth-order valence-electron chi connectivity index (χ4n) is 3.54. The highest BCUT2D eigenvalue weighted by atomic mass is 32.2. The second kappa shape index (κ2) is 8.33. The van der Waals surface area contributed by atoms with Gasteiger partial charge >= 0.3 is 0 Å². The van der Waals surface area contributed by atoms with E-state index in [1.54, 1.807) is 24.3 Å². The number of amides is 2. The van der Waals surface area contributed by atoms with Crippen LogP contribution < -0.4 is 11.1 Å². The number of nitrogens with zero attached hydrogens (tertiary/aromatic N) is 1. The van der Waals surface area contributed by atoms with Gasteiger partial charge in [0.25, 0.3) is 5.91 Å². The van der Waals surface area contributed by atoms with Crippen molar-refractivity contribution in [3.63, 3.8) is 0 Å². The van der Waals surface area contributed by atoms with Crippen LogP contribution in [0.5, 0.6) is 0 Å². The first kappa shape index (κ1) is 20.8. The summed E-state index contributed by atoms with van der Waals surface area (Å²) in [6.45, 7) is 0.698. The van der Waals surface area contributed by atoms with Gasteiger partial charge in [-0.15, -0.1) is 0 Å². The zero-order valence-electron chi connectivity index (χ0n) is 16.6. The van der Waals surface area contributed by atoms with Crippen molar-refractivity contribution in [3.8, 4) is 0 Å². The van der Waals surface area contributed by atoms with E-state index in [4.69, 9.17) is 5.73 Å². The molecule has 7 nitrogen and oxygen atoms in total. The summed E-state index contributed by atoms with van der Waals surface area (Å²) in [5.41, 5.74) is 8.38. The highest BCUT2D eigenvalue weighted by molar-refractivity contribution is 7.89. The van der Waals surface area contributed by atoms with Gasteiger partial charge in [0.2, 0.25) is 15.9 Å². The summed E-state index contributed by atoms with van der Waals surface area (Å²) >= 11 is 0. The molecule has 0 radical (unpaired) electrons. The minimum atomic E-state index is -3.75. The normalized spacial score (nSPS) is 13.9. The standard InChI is InChI=1S/C23H21N3O4S/c24-22(27)17-8-10-20(11-9-17)25-23(28)18-6-3-7-21(14-18)31(29,30)26-13-12-16-4-1-2-5-19(16)15-26/h1-11,14H,12-13,15H2,(H2,24,27)(H,25,28). The maximum absolute atomic E-state index is 13.2. The van der Waals surface area contributed by atoms with Crippen LogP contribution in [0.2, 0.25) is 0 Å². The van der Waals surface area contributed by atoms with Crippen molar-refractivity contribution in [2.24, 2.45) is 5.73 Å². The summed E-state index contributed by atoms with van der Waals surface area (Å²) in [7, 11) is -3.75. The van der Waals surface area contributed by atoms with Crippen molar-refractivity contribution in [2.75, 3.05) is 11.9 Å². The lowest BCUT2D eigenvalue weighted by atomic mass is 10.0. The molecule has 8 heteroatoms. The summed E-state index contributed by atoms with van der Waals surface area (Å²) in [5, 5.41) is 2.70. The van der Waals surface area contributed by atoms with Gasteiger partial charge in [0.05, 0.1) is 4.90 Å². The van der Waals surface area contributed by atoms with Gasteiger partial charge in [0.15, 0.2) is 0 Å². The predicted octanol–water partition coefficient (Wildman–Crippen LogP) is 2.78. The number of nitrogens with one attached hydrogen (secondary N) is 1. The smallest absolute Gasteiger partial charge is 0.255 e. The van der Waals surface area contributed by atoms with Crippen LogP contribution in [0.4, 0.5) is 5.69 Å². The Kier molecular flexibility index (Phi) is 5.58. The Balaban J connectivity index is 1.53. The van der Waals surface area contributed by atoms with Gasteiger partial charge in [0, 0.05) is 29.9 Å². The summed E-state index contributed by atoms with van der Waals surface area (Å²) in [6, 6.07) is 19.9. The van der Waals surface area contributed by atoms with Crippen LogP contribution in [0.3, 0.4) is 0 Å². The second-order valence-corrected chi connectivity index (χ2v) is 9.22. The van der Waals surface area contributed by atoms with Crippen molar-refractivity contribution >= 4 is 27.5 Å². The number of nitrogens with two attached hydrogens (primary N) is 1. The molecule has 1 aliphatic heterocycles. The van der Waals surface area contributed by atoms with Crippen LogP contribution in [0, 0.1) is 0 Å². The van der Waals surface area contributed by atoms with Crippen molar-refractivity contribution in [3.05, 3.63) is 95.1 Å². The summed E-state index contributed by atoms with van der Waals surface area (Å²) in [6.07, 6.45) is 0.650. The number of rotatable bonds is 5. The van der Waals surface area contributed by atoms with E-state index >= 15 is 0 Å². The van der Waals surface area contributed by atoms with Gasteiger partial charge in [-0.3, -0.25) is 9.59 Å². The van der Waals surface area contributed by atoms with E-state index < -0.39 is 21.8 Å². The molecule has 0 saturated heterocycles. The van der Waals surface area contributed by atoms with E-state index in [-0.39, 0.29) is 10.5 Å². The van der Waals surface area contributed by atoms with Crippen LogP contribution in [-0.4, -0.2) is 31.1 Å². The minimum absolute atomic E-state index is 0.0728. The largest absolute Gasteiger partial charge is 0.366 e. The van der Waals surface area contributed by atoms with E-state index in [0.29, 0.717) is 30.8 Å². The molecule has 0 bridgehead atoms. The van der Waals surface area contributed by atoms with Crippen LogP contribution >= 0.6 is 0 Å². The number of carbonyl (C=O) groups is 2. The van der Waals surface area contributed by atoms with Crippen molar-refractivity contribution in [1.29, 1.82) is 0 Å². The molecular formula is C23H21N3O4S. The highest BCUT2D eigenvalue weighted by Gasteiger charge is 2.28. The molecule has 3 aromatic carbocycles. The van der Waals surface area contributed by atoms with Gasteiger partial charge in [-0.1, -0.05) is 30.3 Å². The van der Waals surface area contributed by atoms with E-state index in [9.17, 15) is 18.0 Å². The van der Waals surface area contributed by atoms with E-state index in [0.717, 1.165) is 11.1 Å². The number of carbonyl (C=O) groups excluding carboxylic acids is 2. The number of anilines is 1. The lowest BCUT2D eigenvalue weighted by molar-refractivity contribution is 0.0998. The van der Waals surface area contributed by atoms with E-state index in [1.165, 1.54) is 28.6 Å². The van der Waals surface area contributed by atoms with Crippen LogP contribution in [0.25, 0.3) is 0 Å². The number of sulfonamides is 1. The molecule has 0 spiro atoms. The maximum atomic E-state index is 13.2. The zero-order chi connectivity index (χ0) is 22.0. The molecule has 2 amide bonds. The first-order chi connectivity index (χ1) is 14.8. The summed E-state index contributed by atoms with van der Waals surface area (Å²) in [4.78, 5) is 23.9. The molecule has 31 heavy (non-hydrogen) atoms. The number of primary amides is 1. The molecule has 0 atom stereocenters. The maximum Gasteiger partial charge on any atom is 0.255 e. The quantitative estimate of drug-likeness (QED) is 0.642. The lowest BCUT2D eigenvalue weighted by Crippen LogP contribution is -2.36. The Morgan fingerprint density at radius 3 is 2.29 bits per heavy atom. The molecule has 4 rings (SSSR count). The van der Waals surface area contributed by atoms with Crippen molar-refractivity contribution < 1.29 is 18.0 Å². The molecule has 0 aliphatic carbocycles. The van der Waals surface area contributed by atoms with E-state index in [2.05, 4.69) is 5.32 Å². The molecule has 0 fully saturated rings. The number of hydrogen-bond donors (Lipinski definition) is 2. The third-order valence-electron chi connectivity index (χ3n) is 5.26. The Morgan fingerprint density at radius 2 is 1.58 bits per heavy atom. The van der Waals surface area contributed by atoms with Gasteiger partial charge < -0.3 is 11.1 Å².